The highest BCUT2D eigenvalue weighted by atomic mass is 16.5. The minimum absolute atomic E-state index is 0.0201. The molecule has 1 atom stereocenters. The average molecular weight is 340 g/mol. The molecule has 1 aliphatic heterocycles. The molecule has 0 spiro atoms. The molecular formula is C19H24N4O2. The van der Waals surface area contributed by atoms with Crippen LogP contribution in [0, 0.1) is 0 Å². The number of benzene rings is 1. The molecule has 2 aromatic rings. The molecule has 1 aliphatic rings. The lowest BCUT2D eigenvalue weighted by molar-refractivity contribution is 0.0827. The molecule has 1 unspecified atom stereocenters. The van der Waals surface area contributed by atoms with Crippen molar-refractivity contribution in [2.45, 2.75) is 18.9 Å². The lowest BCUT2D eigenvalue weighted by Crippen LogP contribution is -2.35. The molecule has 0 radical (unpaired) electrons. The third kappa shape index (κ3) is 3.74. The topological polar surface area (TPSA) is 80.5 Å². The fraction of sp³-hybridized carbons (Fsp3) is 0.368. The molecule has 132 valence electrons. The summed E-state index contributed by atoms with van der Waals surface area (Å²) in [4.78, 5) is 18.2. The Labute approximate surface area is 148 Å². The highest BCUT2D eigenvalue weighted by Crippen LogP contribution is 2.29. The summed E-state index contributed by atoms with van der Waals surface area (Å²) in [5.41, 5.74) is 8.94. The quantitative estimate of drug-likeness (QED) is 0.894. The van der Waals surface area contributed by atoms with Gasteiger partial charge in [-0.3, -0.25) is 4.79 Å². The van der Waals surface area contributed by atoms with Crippen molar-refractivity contribution in [3.8, 4) is 11.3 Å². The standard InChI is InChI=1S/C19H24N4O2/c1-19(10-11-25-12-19)22-17-15(20)8-9-16(21-17)13-4-6-14(7-5-13)18(24)23(2)3/h4-9H,10-12,20H2,1-3H3,(H,21,22). The van der Waals surface area contributed by atoms with E-state index in [1.807, 2.05) is 36.4 Å². The third-order valence-electron chi connectivity index (χ3n) is 4.40. The van der Waals surface area contributed by atoms with E-state index in [1.165, 1.54) is 0 Å². The lowest BCUT2D eigenvalue weighted by atomic mass is 10.0. The van der Waals surface area contributed by atoms with Crippen LogP contribution in [0.5, 0.6) is 0 Å². The van der Waals surface area contributed by atoms with E-state index in [2.05, 4.69) is 17.2 Å². The monoisotopic (exact) mass is 340 g/mol. The van der Waals surface area contributed by atoms with Crippen LogP contribution in [0.25, 0.3) is 11.3 Å². The summed E-state index contributed by atoms with van der Waals surface area (Å²) in [6.45, 7) is 3.49. The van der Waals surface area contributed by atoms with Crippen molar-refractivity contribution in [3.63, 3.8) is 0 Å². The molecule has 2 heterocycles. The first-order chi connectivity index (χ1) is 11.9. The summed E-state index contributed by atoms with van der Waals surface area (Å²) in [7, 11) is 3.48. The fourth-order valence-electron chi connectivity index (χ4n) is 2.82. The van der Waals surface area contributed by atoms with E-state index in [1.54, 1.807) is 19.0 Å². The molecule has 0 bridgehead atoms. The average Bonchev–Trinajstić information content (AvgIpc) is 3.02. The van der Waals surface area contributed by atoms with Crippen LogP contribution in [0.2, 0.25) is 0 Å². The fourth-order valence-corrected chi connectivity index (χ4v) is 2.82. The molecule has 1 aromatic carbocycles. The molecule has 3 rings (SSSR count). The van der Waals surface area contributed by atoms with Crippen LogP contribution in [0.4, 0.5) is 11.5 Å². The number of carbonyl (C=O) groups excluding carboxylic acids is 1. The van der Waals surface area contributed by atoms with Gasteiger partial charge in [0.15, 0.2) is 0 Å². The lowest BCUT2D eigenvalue weighted by Gasteiger charge is -2.25. The van der Waals surface area contributed by atoms with Gasteiger partial charge in [0.05, 0.1) is 23.5 Å². The number of ether oxygens (including phenoxy) is 1. The Morgan fingerprint density at radius 3 is 2.56 bits per heavy atom. The highest BCUT2D eigenvalue weighted by Gasteiger charge is 2.30. The van der Waals surface area contributed by atoms with E-state index in [0.29, 0.717) is 23.7 Å². The van der Waals surface area contributed by atoms with E-state index in [-0.39, 0.29) is 11.4 Å². The number of pyridine rings is 1. The van der Waals surface area contributed by atoms with Gasteiger partial charge in [-0.2, -0.15) is 0 Å². The summed E-state index contributed by atoms with van der Waals surface area (Å²) >= 11 is 0. The maximum Gasteiger partial charge on any atom is 0.253 e. The number of aromatic nitrogens is 1. The molecule has 1 saturated heterocycles. The van der Waals surface area contributed by atoms with Gasteiger partial charge < -0.3 is 20.7 Å². The predicted octanol–water partition coefficient (Wildman–Crippen LogP) is 2.62. The molecule has 1 aromatic heterocycles. The van der Waals surface area contributed by atoms with Gasteiger partial charge in [0.2, 0.25) is 0 Å². The summed E-state index contributed by atoms with van der Waals surface area (Å²) in [5.74, 6) is 0.646. The Bertz CT molecular complexity index is 765. The number of anilines is 2. The van der Waals surface area contributed by atoms with Gasteiger partial charge in [0, 0.05) is 31.8 Å². The van der Waals surface area contributed by atoms with Crippen molar-refractivity contribution in [2.75, 3.05) is 38.4 Å². The minimum Gasteiger partial charge on any atom is -0.396 e. The van der Waals surface area contributed by atoms with E-state index >= 15 is 0 Å². The normalized spacial score (nSPS) is 19.6. The van der Waals surface area contributed by atoms with E-state index in [9.17, 15) is 4.79 Å². The van der Waals surface area contributed by atoms with Gasteiger partial charge >= 0.3 is 0 Å². The van der Waals surface area contributed by atoms with Gasteiger partial charge in [0.1, 0.15) is 5.82 Å². The van der Waals surface area contributed by atoms with E-state index in [0.717, 1.165) is 24.3 Å². The number of carbonyl (C=O) groups is 1. The summed E-state index contributed by atoms with van der Waals surface area (Å²) in [6, 6.07) is 11.2. The highest BCUT2D eigenvalue weighted by molar-refractivity contribution is 5.94. The second-order valence-electron chi connectivity index (χ2n) is 6.90. The van der Waals surface area contributed by atoms with Crippen LogP contribution < -0.4 is 11.1 Å². The zero-order chi connectivity index (χ0) is 18.0. The van der Waals surface area contributed by atoms with E-state index in [4.69, 9.17) is 10.5 Å². The van der Waals surface area contributed by atoms with Crippen molar-refractivity contribution in [2.24, 2.45) is 0 Å². The number of amides is 1. The van der Waals surface area contributed by atoms with Gasteiger partial charge in [-0.25, -0.2) is 4.98 Å². The van der Waals surface area contributed by atoms with Crippen LogP contribution in [-0.2, 0) is 4.74 Å². The van der Waals surface area contributed by atoms with Crippen LogP contribution in [0.1, 0.15) is 23.7 Å². The van der Waals surface area contributed by atoms with Crippen molar-refractivity contribution in [3.05, 3.63) is 42.0 Å². The van der Waals surface area contributed by atoms with Crippen LogP contribution in [0.15, 0.2) is 36.4 Å². The Kier molecular flexibility index (Phi) is 4.63. The maximum atomic E-state index is 12.0. The summed E-state index contributed by atoms with van der Waals surface area (Å²) in [6.07, 6.45) is 0.916. The predicted molar refractivity (Wildman–Crippen MR) is 99.6 cm³/mol. The van der Waals surface area contributed by atoms with Crippen molar-refractivity contribution < 1.29 is 9.53 Å². The Balaban J connectivity index is 1.85. The molecule has 25 heavy (non-hydrogen) atoms. The van der Waals surface area contributed by atoms with Crippen LogP contribution >= 0.6 is 0 Å². The number of nitrogens with zero attached hydrogens (tertiary/aromatic N) is 2. The zero-order valence-corrected chi connectivity index (χ0v) is 14.9. The smallest absolute Gasteiger partial charge is 0.253 e. The molecule has 0 saturated carbocycles. The number of rotatable bonds is 4. The molecule has 6 nitrogen and oxygen atoms in total. The molecule has 1 fully saturated rings. The third-order valence-corrected chi connectivity index (χ3v) is 4.40. The van der Waals surface area contributed by atoms with Crippen LogP contribution in [-0.4, -0.2) is 48.6 Å². The Morgan fingerprint density at radius 2 is 1.96 bits per heavy atom. The number of hydrogen-bond acceptors (Lipinski definition) is 5. The minimum atomic E-state index is -0.151. The van der Waals surface area contributed by atoms with Crippen molar-refractivity contribution >= 4 is 17.4 Å². The number of nitrogens with one attached hydrogen (secondary N) is 1. The van der Waals surface area contributed by atoms with Gasteiger partial charge in [-0.1, -0.05) is 12.1 Å². The zero-order valence-electron chi connectivity index (χ0n) is 14.9. The molecular weight excluding hydrogens is 316 g/mol. The van der Waals surface area contributed by atoms with Crippen molar-refractivity contribution in [1.29, 1.82) is 0 Å². The molecule has 6 heteroatoms. The number of hydrogen-bond donors (Lipinski definition) is 2. The number of nitrogens with two attached hydrogens (primary N) is 1. The maximum absolute atomic E-state index is 12.0. The largest absolute Gasteiger partial charge is 0.396 e. The first-order valence-corrected chi connectivity index (χ1v) is 8.32. The SMILES string of the molecule is CN(C)C(=O)c1ccc(-c2ccc(N)c(NC3(C)CCOC3)n2)cc1. The molecule has 0 aliphatic carbocycles. The second-order valence-corrected chi connectivity index (χ2v) is 6.90. The first-order valence-electron chi connectivity index (χ1n) is 8.32. The Morgan fingerprint density at radius 1 is 1.24 bits per heavy atom. The first kappa shape index (κ1) is 17.2. The van der Waals surface area contributed by atoms with Gasteiger partial charge in [0.25, 0.3) is 5.91 Å². The van der Waals surface area contributed by atoms with E-state index < -0.39 is 0 Å². The van der Waals surface area contributed by atoms with Gasteiger partial charge in [-0.05, 0) is 37.6 Å². The summed E-state index contributed by atoms with van der Waals surface area (Å²) in [5, 5.41) is 3.42. The molecule has 1 amide bonds. The Hall–Kier alpha value is -2.60. The van der Waals surface area contributed by atoms with Crippen molar-refractivity contribution in [1.82, 2.24) is 9.88 Å². The summed E-state index contributed by atoms with van der Waals surface area (Å²) < 4.78 is 5.47. The molecule has 3 N–H and O–H groups in total. The van der Waals surface area contributed by atoms with Crippen LogP contribution in [0.3, 0.4) is 0 Å². The van der Waals surface area contributed by atoms with Gasteiger partial charge in [-0.15, -0.1) is 0 Å². The second kappa shape index (κ2) is 6.72. The number of nitrogen functional groups attached to an aromatic ring is 1.